The summed E-state index contributed by atoms with van der Waals surface area (Å²) in [6.07, 6.45) is 0. The Labute approximate surface area is 130 Å². The van der Waals surface area contributed by atoms with Crippen LogP contribution < -0.4 is 10.6 Å². The Morgan fingerprint density at radius 3 is 2.55 bits per heavy atom. The van der Waals surface area contributed by atoms with Gasteiger partial charge in [-0.05, 0) is 48.1 Å². The molecule has 0 saturated heterocycles. The summed E-state index contributed by atoms with van der Waals surface area (Å²) >= 11 is 3.41. The average Bonchev–Trinajstić information content (AvgIpc) is 2.45. The molecule has 0 saturated carbocycles. The molecule has 0 aliphatic carbocycles. The van der Waals surface area contributed by atoms with Crippen molar-refractivity contribution in [1.82, 2.24) is 10.2 Å². The number of anilines is 1. The molecule has 1 unspecified atom stereocenters. The minimum atomic E-state index is -0.0247. The number of hydrogen-bond acceptors (Lipinski definition) is 3. The molecule has 0 aliphatic rings. The summed E-state index contributed by atoms with van der Waals surface area (Å²) in [4.78, 5) is 14.2. The lowest BCUT2D eigenvalue weighted by molar-refractivity contribution is -0.115. The Hall–Kier alpha value is -0.910. The van der Waals surface area contributed by atoms with Gasteiger partial charge in [0.1, 0.15) is 0 Å². The largest absolute Gasteiger partial charge is 0.324 e. The SMILES string of the molecule is CCN(CC)CC(C)NCC(=O)Nc1ccccc1Br. The third-order valence-corrected chi connectivity index (χ3v) is 3.88. The van der Waals surface area contributed by atoms with E-state index in [-0.39, 0.29) is 5.91 Å². The zero-order valence-corrected chi connectivity index (χ0v) is 14.0. The van der Waals surface area contributed by atoms with Gasteiger partial charge in [0, 0.05) is 17.1 Å². The van der Waals surface area contributed by atoms with Crippen LogP contribution in [0.25, 0.3) is 0 Å². The Kier molecular flexibility index (Phi) is 7.80. The molecule has 1 aromatic carbocycles. The van der Waals surface area contributed by atoms with Crippen LogP contribution in [0.4, 0.5) is 5.69 Å². The van der Waals surface area contributed by atoms with Crippen molar-refractivity contribution in [2.24, 2.45) is 0 Å². The zero-order chi connectivity index (χ0) is 15.0. The van der Waals surface area contributed by atoms with Gasteiger partial charge in [-0.1, -0.05) is 26.0 Å². The molecule has 2 N–H and O–H groups in total. The Balaban J connectivity index is 2.35. The lowest BCUT2D eigenvalue weighted by Crippen LogP contribution is -2.42. The maximum Gasteiger partial charge on any atom is 0.238 e. The van der Waals surface area contributed by atoms with Gasteiger partial charge in [-0.15, -0.1) is 0 Å². The van der Waals surface area contributed by atoms with E-state index in [0.717, 1.165) is 29.8 Å². The monoisotopic (exact) mass is 341 g/mol. The lowest BCUT2D eigenvalue weighted by Gasteiger charge is -2.23. The molecule has 0 aliphatic heterocycles. The molecule has 0 heterocycles. The molecule has 1 aromatic rings. The Morgan fingerprint density at radius 2 is 1.95 bits per heavy atom. The van der Waals surface area contributed by atoms with Gasteiger partial charge in [-0.25, -0.2) is 0 Å². The van der Waals surface area contributed by atoms with Crippen molar-refractivity contribution in [2.45, 2.75) is 26.8 Å². The maximum atomic E-state index is 11.9. The van der Waals surface area contributed by atoms with E-state index in [0.29, 0.717) is 12.6 Å². The number of para-hydroxylation sites is 1. The molecule has 0 radical (unpaired) electrons. The van der Waals surface area contributed by atoms with E-state index in [2.05, 4.69) is 52.2 Å². The second-order valence-electron chi connectivity index (χ2n) is 4.80. The second kappa shape index (κ2) is 9.10. The molecule has 0 fully saturated rings. The van der Waals surface area contributed by atoms with Crippen LogP contribution in [0.1, 0.15) is 20.8 Å². The smallest absolute Gasteiger partial charge is 0.238 e. The van der Waals surface area contributed by atoms with Crippen molar-refractivity contribution >= 4 is 27.5 Å². The van der Waals surface area contributed by atoms with Crippen LogP contribution in [0, 0.1) is 0 Å². The van der Waals surface area contributed by atoms with E-state index in [1.165, 1.54) is 0 Å². The molecular formula is C15H24BrN3O. The number of hydrogen-bond donors (Lipinski definition) is 2. The molecule has 0 spiro atoms. The van der Waals surface area contributed by atoms with Gasteiger partial charge in [-0.3, -0.25) is 4.79 Å². The highest BCUT2D eigenvalue weighted by atomic mass is 79.9. The van der Waals surface area contributed by atoms with Crippen LogP contribution in [0.2, 0.25) is 0 Å². The number of carbonyl (C=O) groups excluding carboxylic acids is 1. The van der Waals surface area contributed by atoms with Crippen LogP contribution in [-0.4, -0.2) is 43.0 Å². The van der Waals surface area contributed by atoms with Gasteiger partial charge in [0.25, 0.3) is 0 Å². The number of carbonyl (C=O) groups is 1. The molecule has 112 valence electrons. The molecule has 1 atom stereocenters. The topological polar surface area (TPSA) is 44.4 Å². The first-order valence-electron chi connectivity index (χ1n) is 7.06. The van der Waals surface area contributed by atoms with Crippen LogP contribution in [0.5, 0.6) is 0 Å². The second-order valence-corrected chi connectivity index (χ2v) is 5.65. The van der Waals surface area contributed by atoms with Gasteiger partial charge in [-0.2, -0.15) is 0 Å². The third-order valence-electron chi connectivity index (χ3n) is 3.19. The quantitative estimate of drug-likeness (QED) is 0.764. The number of rotatable bonds is 8. The van der Waals surface area contributed by atoms with Crippen molar-refractivity contribution in [1.29, 1.82) is 0 Å². The van der Waals surface area contributed by atoms with Crippen LogP contribution in [0.15, 0.2) is 28.7 Å². The first-order valence-corrected chi connectivity index (χ1v) is 7.86. The average molecular weight is 342 g/mol. The third kappa shape index (κ3) is 6.03. The minimum absolute atomic E-state index is 0.0247. The molecule has 4 nitrogen and oxygen atoms in total. The maximum absolute atomic E-state index is 11.9. The predicted molar refractivity (Wildman–Crippen MR) is 88.0 cm³/mol. The van der Waals surface area contributed by atoms with E-state index in [1.54, 1.807) is 0 Å². The first kappa shape index (κ1) is 17.1. The summed E-state index contributed by atoms with van der Waals surface area (Å²) in [7, 11) is 0. The fourth-order valence-corrected chi connectivity index (χ4v) is 2.34. The Bertz CT molecular complexity index is 421. The van der Waals surface area contributed by atoms with Gasteiger partial charge >= 0.3 is 0 Å². The normalized spacial score (nSPS) is 12.4. The minimum Gasteiger partial charge on any atom is -0.324 e. The van der Waals surface area contributed by atoms with Crippen molar-refractivity contribution in [3.8, 4) is 0 Å². The van der Waals surface area contributed by atoms with Crippen molar-refractivity contribution in [2.75, 3.05) is 31.5 Å². The molecule has 1 rings (SSSR count). The van der Waals surface area contributed by atoms with E-state index >= 15 is 0 Å². The van der Waals surface area contributed by atoms with E-state index in [9.17, 15) is 4.79 Å². The summed E-state index contributed by atoms with van der Waals surface area (Å²) in [6.45, 7) is 9.74. The number of amides is 1. The van der Waals surface area contributed by atoms with Crippen LogP contribution in [-0.2, 0) is 4.79 Å². The molecule has 0 bridgehead atoms. The standard InChI is InChI=1S/C15H24BrN3O/c1-4-19(5-2)11-12(3)17-10-15(20)18-14-9-7-6-8-13(14)16/h6-9,12,17H,4-5,10-11H2,1-3H3,(H,18,20). The first-order chi connectivity index (χ1) is 9.56. The van der Waals surface area contributed by atoms with E-state index < -0.39 is 0 Å². The van der Waals surface area contributed by atoms with Gasteiger partial charge in [0.05, 0.1) is 12.2 Å². The molecule has 0 aromatic heterocycles. The highest BCUT2D eigenvalue weighted by molar-refractivity contribution is 9.10. The van der Waals surface area contributed by atoms with Gasteiger partial charge in [0.15, 0.2) is 0 Å². The molecular weight excluding hydrogens is 318 g/mol. The number of nitrogens with one attached hydrogen (secondary N) is 2. The van der Waals surface area contributed by atoms with Gasteiger partial charge in [0.2, 0.25) is 5.91 Å². The number of benzene rings is 1. The van der Waals surface area contributed by atoms with Crippen LogP contribution in [0.3, 0.4) is 0 Å². The fraction of sp³-hybridized carbons (Fsp3) is 0.533. The van der Waals surface area contributed by atoms with E-state index in [4.69, 9.17) is 0 Å². The molecule has 5 heteroatoms. The summed E-state index contributed by atoms with van der Waals surface area (Å²) in [6, 6.07) is 7.90. The highest BCUT2D eigenvalue weighted by Gasteiger charge is 2.09. The summed E-state index contributed by atoms with van der Waals surface area (Å²) in [5, 5.41) is 6.14. The molecule has 20 heavy (non-hydrogen) atoms. The van der Waals surface area contributed by atoms with Crippen molar-refractivity contribution in [3.05, 3.63) is 28.7 Å². The molecule has 1 amide bonds. The fourth-order valence-electron chi connectivity index (χ4n) is 1.96. The number of nitrogens with zero attached hydrogens (tertiary/aromatic N) is 1. The summed E-state index contributed by atoms with van der Waals surface area (Å²) in [5.41, 5.74) is 0.802. The van der Waals surface area contributed by atoms with Crippen molar-refractivity contribution < 1.29 is 4.79 Å². The zero-order valence-electron chi connectivity index (χ0n) is 12.4. The summed E-state index contributed by atoms with van der Waals surface area (Å²) in [5.74, 6) is -0.0247. The van der Waals surface area contributed by atoms with Crippen LogP contribution >= 0.6 is 15.9 Å². The number of halogens is 1. The van der Waals surface area contributed by atoms with Gasteiger partial charge < -0.3 is 15.5 Å². The van der Waals surface area contributed by atoms with E-state index in [1.807, 2.05) is 24.3 Å². The highest BCUT2D eigenvalue weighted by Crippen LogP contribution is 2.20. The Morgan fingerprint density at radius 1 is 1.30 bits per heavy atom. The predicted octanol–water partition coefficient (Wildman–Crippen LogP) is 2.71. The number of likely N-dealkylation sites (N-methyl/N-ethyl adjacent to an activating group) is 1. The van der Waals surface area contributed by atoms with Crippen molar-refractivity contribution in [3.63, 3.8) is 0 Å². The lowest BCUT2D eigenvalue weighted by atomic mass is 10.3. The summed E-state index contributed by atoms with van der Waals surface area (Å²) < 4.78 is 0.893.